The molecule has 0 aromatic carbocycles. The Hall–Kier alpha value is -2.87. The third kappa shape index (κ3) is 5.59. The summed E-state index contributed by atoms with van der Waals surface area (Å²) in [4.78, 5) is 18.3. The summed E-state index contributed by atoms with van der Waals surface area (Å²) in [7, 11) is 4.21. The fourth-order valence-electron chi connectivity index (χ4n) is 5.36. The van der Waals surface area contributed by atoms with Crippen LogP contribution in [0.15, 0.2) is 31.9 Å². The summed E-state index contributed by atoms with van der Waals surface area (Å²) in [6.07, 6.45) is 6.26. The Balaban J connectivity index is 1.51. The summed E-state index contributed by atoms with van der Waals surface area (Å²) >= 11 is 0. The highest BCUT2D eigenvalue weighted by Crippen LogP contribution is 2.57. The van der Waals surface area contributed by atoms with Crippen LogP contribution in [0.5, 0.6) is 0 Å². The highest BCUT2D eigenvalue weighted by Gasteiger charge is 2.53. The average Bonchev–Trinajstić information content (AvgIpc) is 3.60. The summed E-state index contributed by atoms with van der Waals surface area (Å²) in [5.74, 6) is 0.0890. The van der Waals surface area contributed by atoms with Gasteiger partial charge in [-0.25, -0.2) is 4.98 Å². The topological polar surface area (TPSA) is 57.3 Å². The summed E-state index contributed by atoms with van der Waals surface area (Å²) < 4.78 is 40.8. The van der Waals surface area contributed by atoms with Crippen molar-refractivity contribution in [2.24, 2.45) is 11.3 Å². The maximum absolute atomic E-state index is 13.6. The van der Waals surface area contributed by atoms with Crippen molar-refractivity contribution in [2.45, 2.75) is 56.8 Å². The van der Waals surface area contributed by atoms with Crippen LogP contribution in [0, 0.1) is 11.3 Å². The van der Waals surface area contributed by atoms with Gasteiger partial charge in [0, 0.05) is 41.4 Å². The Labute approximate surface area is 211 Å². The third-order valence-corrected chi connectivity index (χ3v) is 7.67. The van der Waals surface area contributed by atoms with Gasteiger partial charge in [0.25, 0.3) is 0 Å². The number of aromatic nitrogens is 1. The minimum Gasteiger partial charge on any atom is -0.382 e. The van der Waals surface area contributed by atoms with Crippen LogP contribution < -0.4 is 10.6 Å². The molecule has 1 aromatic heterocycles. The van der Waals surface area contributed by atoms with Gasteiger partial charge in [0.15, 0.2) is 0 Å². The summed E-state index contributed by atoms with van der Waals surface area (Å²) in [6.45, 7) is 11.4. The fraction of sp³-hybridized carbons (Fsp3) is 0.500. The van der Waals surface area contributed by atoms with Gasteiger partial charge >= 0.3 is 6.18 Å². The van der Waals surface area contributed by atoms with E-state index < -0.39 is 11.7 Å². The number of carbonyl (C=O) groups is 1. The Morgan fingerprint density at radius 3 is 2.44 bits per heavy atom. The van der Waals surface area contributed by atoms with Crippen molar-refractivity contribution in [1.82, 2.24) is 20.5 Å². The number of nitrogens with zero attached hydrogens (tertiary/aromatic N) is 2. The van der Waals surface area contributed by atoms with E-state index in [9.17, 15) is 18.0 Å². The number of hydrogen-bond acceptors (Lipinski definition) is 4. The lowest BCUT2D eigenvalue weighted by molar-refractivity contribution is -0.122. The van der Waals surface area contributed by atoms with Crippen molar-refractivity contribution in [3.63, 3.8) is 0 Å². The van der Waals surface area contributed by atoms with E-state index in [-0.39, 0.29) is 35.7 Å². The molecular weight excluding hydrogens is 465 g/mol. The number of rotatable bonds is 10. The zero-order valence-corrected chi connectivity index (χ0v) is 21.0. The van der Waals surface area contributed by atoms with Crippen molar-refractivity contribution < 1.29 is 18.0 Å². The Kier molecular flexibility index (Phi) is 7.19. The number of carbonyl (C=O) groups excluding carboxylic acids is 1. The molecular formula is C28H35F3N4O. The van der Waals surface area contributed by atoms with E-state index in [2.05, 4.69) is 54.3 Å². The second-order valence-corrected chi connectivity index (χ2v) is 10.7. The molecule has 1 spiro atoms. The first-order chi connectivity index (χ1) is 16.9. The molecule has 194 valence electrons. The molecule has 3 aliphatic carbocycles. The van der Waals surface area contributed by atoms with E-state index in [0.717, 1.165) is 25.7 Å². The second-order valence-electron chi connectivity index (χ2n) is 10.7. The van der Waals surface area contributed by atoms with Crippen LogP contribution in [0.3, 0.4) is 0 Å². The van der Waals surface area contributed by atoms with E-state index in [1.54, 1.807) is 18.2 Å². The normalized spacial score (nSPS) is 25.4. The van der Waals surface area contributed by atoms with Gasteiger partial charge in [-0.3, -0.25) is 4.79 Å². The predicted octanol–water partition coefficient (Wildman–Crippen LogP) is 5.27. The zero-order valence-electron chi connectivity index (χ0n) is 21.0. The first-order valence-electron chi connectivity index (χ1n) is 12.4. The number of alkyl halides is 3. The number of hydrogen-bond donors (Lipinski definition) is 2. The van der Waals surface area contributed by atoms with E-state index in [0.29, 0.717) is 28.4 Å². The van der Waals surface area contributed by atoms with Gasteiger partial charge in [0.1, 0.15) is 0 Å². The van der Waals surface area contributed by atoms with Gasteiger partial charge in [-0.2, -0.15) is 13.2 Å². The van der Waals surface area contributed by atoms with Gasteiger partial charge in [0.05, 0.1) is 17.0 Å². The number of pyridine rings is 1. The standard InChI is InChI=1S/C28H35F3N4O/c1-6-23-24(18(3)33-21-13-27(14-21)15-22(16-27)35(4)5)12-20(34-25(23)17(2)28(29,30)31)8-7-11-32-26(36)19-9-10-19/h6-8,12,19,21-22,33H,1-3,9-11,13-16H2,4-5H3,(H,32,36)/b8-7+. The molecule has 1 amide bonds. The van der Waals surface area contributed by atoms with Crippen molar-refractivity contribution in [3.05, 3.63) is 54.4 Å². The molecule has 8 heteroatoms. The summed E-state index contributed by atoms with van der Waals surface area (Å²) in [6, 6.07) is 2.57. The van der Waals surface area contributed by atoms with Crippen LogP contribution in [-0.4, -0.2) is 54.7 Å². The number of halogens is 3. The molecule has 3 saturated carbocycles. The summed E-state index contributed by atoms with van der Waals surface area (Å²) in [5, 5.41) is 6.24. The van der Waals surface area contributed by atoms with Crippen LogP contribution in [0.4, 0.5) is 13.2 Å². The van der Waals surface area contributed by atoms with Crippen LogP contribution in [0.2, 0.25) is 0 Å². The predicted molar refractivity (Wildman–Crippen MR) is 139 cm³/mol. The third-order valence-electron chi connectivity index (χ3n) is 7.67. The molecule has 4 rings (SSSR count). The molecule has 0 bridgehead atoms. The molecule has 0 radical (unpaired) electrons. The maximum atomic E-state index is 13.6. The van der Waals surface area contributed by atoms with E-state index in [1.165, 1.54) is 18.9 Å². The molecule has 1 heterocycles. The molecule has 0 unspecified atom stereocenters. The smallest absolute Gasteiger partial charge is 0.382 e. The summed E-state index contributed by atoms with van der Waals surface area (Å²) in [5.41, 5.74) is 0.720. The minimum absolute atomic E-state index is 0.000606. The molecule has 0 atom stereocenters. The van der Waals surface area contributed by atoms with Crippen LogP contribution >= 0.6 is 0 Å². The van der Waals surface area contributed by atoms with Crippen LogP contribution in [0.25, 0.3) is 23.4 Å². The van der Waals surface area contributed by atoms with E-state index >= 15 is 0 Å². The SMILES string of the molecule is C=Cc1c(C(=C)NC2CC3(C2)CC(N(C)C)C3)cc(/C=C/CNC(=O)C2CC2)nc1C(=C)C(F)(F)F. The maximum Gasteiger partial charge on any atom is 0.417 e. The van der Waals surface area contributed by atoms with Gasteiger partial charge in [-0.15, -0.1) is 0 Å². The van der Waals surface area contributed by atoms with Crippen LogP contribution in [0.1, 0.15) is 61.0 Å². The molecule has 0 saturated heterocycles. The van der Waals surface area contributed by atoms with Crippen LogP contribution in [-0.2, 0) is 4.79 Å². The molecule has 5 nitrogen and oxygen atoms in total. The fourth-order valence-corrected chi connectivity index (χ4v) is 5.36. The van der Waals surface area contributed by atoms with Crippen molar-refractivity contribution in [1.29, 1.82) is 0 Å². The molecule has 3 fully saturated rings. The molecule has 2 N–H and O–H groups in total. The van der Waals surface area contributed by atoms with Gasteiger partial charge in [0.2, 0.25) is 5.91 Å². The number of amides is 1. The van der Waals surface area contributed by atoms with Gasteiger partial charge in [-0.05, 0) is 70.2 Å². The minimum atomic E-state index is -4.63. The molecule has 36 heavy (non-hydrogen) atoms. The van der Waals surface area contributed by atoms with Gasteiger partial charge in [-0.1, -0.05) is 31.9 Å². The lowest BCUT2D eigenvalue weighted by Crippen LogP contribution is -2.59. The number of nitrogens with one attached hydrogen (secondary N) is 2. The first-order valence-corrected chi connectivity index (χ1v) is 12.4. The molecule has 1 aromatic rings. The Morgan fingerprint density at radius 2 is 1.89 bits per heavy atom. The first kappa shape index (κ1) is 26.2. The lowest BCUT2D eigenvalue weighted by atomic mass is 9.52. The molecule has 0 aliphatic heterocycles. The second kappa shape index (κ2) is 9.88. The van der Waals surface area contributed by atoms with E-state index in [4.69, 9.17) is 0 Å². The van der Waals surface area contributed by atoms with E-state index in [1.807, 2.05) is 0 Å². The monoisotopic (exact) mass is 500 g/mol. The Bertz CT molecular complexity index is 1090. The van der Waals surface area contributed by atoms with Gasteiger partial charge < -0.3 is 15.5 Å². The largest absolute Gasteiger partial charge is 0.417 e. The number of allylic oxidation sites excluding steroid dienone is 1. The van der Waals surface area contributed by atoms with Crippen molar-refractivity contribution in [3.8, 4) is 0 Å². The molecule has 3 aliphatic rings. The zero-order chi connectivity index (χ0) is 26.3. The lowest BCUT2D eigenvalue weighted by Gasteiger charge is -2.59. The Morgan fingerprint density at radius 1 is 1.22 bits per heavy atom. The highest BCUT2D eigenvalue weighted by molar-refractivity contribution is 5.82. The highest BCUT2D eigenvalue weighted by atomic mass is 19.4. The van der Waals surface area contributed by atoms with Crippen molar-refractivity contribution >= 4 is 29.3 Å². The average molecular weight is 501 g/mol. The van der Waals surface area contributed by atoms with Crippen molar-refractivity contribution in [2.75, 3.05) is 20.6 Å². The quantitative estimate of drug-likeness (QED) is 0.460.